The molecule has 11 rings (SSSR count). The van der Waals surface area contributed by atoms with E-state index in [-0.39, 0.29) is 173 Å². The summed E-state index contributed by atoms with van der Waals surface area (Å²) in [6, 6.07) is 33.2. The van der Waals surface area contributed by atoms with E-state index in [2.05, 4.69) is 79.2 Å². The molecule has 6 amide bonds. The number of nitrogens with one attached hydrogen (secondary N) is 2. The van der Waals surface area contributed by atoms with E-state index in [9.17, 15) is 19.2 Å². The van der Waals surface area contributed by atoms with E-state index in [0.29, 0.717) is 23.0 Å². The molecule has 0 saturated carbocycles. The van der Waals surface area contributed by atoms with E-state index in [1.807, 2.05) is 76.2 Å². The zero-order chi connectivity index (χ0) is 73.4. The van der Waals surface area contributed by atoms with Crippen LogP contribution in [0, 0.1) is 11.8 Å². The first kappa shape index (κ1) is 72.9. The lowest BCUT2D eigenvalue weighted by Crippen LogP contribution is -2.54. The van der Waals surface area contributed by atoms with Gasteiger partial charge in [0.15, 0.2) is 0 Å². The number of nitrogens with zero attached hydrogens (tertiary/aromatic N) is 2. The Kier molecular flexibility index (Phi) is 21.5. The Morgan fingerprint density at radius 1 is 0.373 bits per heavy atom. The molecule has 0 saturated heterocycles. The topological polar surface area (TPSA) is 222 Å². The van der Waals surface area contributed by atoms with Crippen molar-refractivity contribution >= 4 is 114 Å². The molecule has 2 aliphatic rings. The van der Waals surface area contributed by atoms with Crippen LogP contribution in [0.5, 0.6) is 46.0 Å². The van der Waals surface area contributed by atoms with Gasteiger partial charge in [0.25, 0.3) is 23.6 Å². The lowest BCUT2D eigenvalue weighted by molar-refractivity contribution is -0.139. The zero-order valence-electron chi connectivity index (χ0n) is 59.2. The minimum absolute atomic E-state index is 0.00573. The Bertz CT molecular complexity index is 4310. The first-order valence-electron chi connectivity index (χ1n) is 34.3. The van der Waals surface area contributed by atoms with Crippen molar-refractivity contribution in [1.82, 2.24) is 20.4 Å². The monoisotopic (exact) mass is 1420 g/mol. The molecule has 102 heavy (non-hydrogen) atoms. The summed E-state index contributed by atoms with van der Waals surface area (Å²) in [7, 11) is 0. The number of hydrogen-bond donors (Lipinski definition) is 2. The van der Waals surface area contributed by atoms with E-state index < -0.39 is 59.5 Å². The minimum Gasteiger partial charge on any atom is -0.460 e. The van der Waals surface area contributed by atoms with Crippen LogP contribution < -0.4 is 29.6 Å². The highest BCUT2D eigenvalue weighted by Crippen LogP contribution is 2.58. The van der Waals surface area contributed by atoms with Crippen LogP contribution in [-0.4, -0.2) is 95.6 Å². The van der Waals surface area contributed by atoms with Gasteiger partial charge in [0.1, 0.15) is 81.4 Å². The molecule has 2 heterocycles. The Labute approximate surface area is 602 Å². The number of carbonyl (C=O) groups excluding carboxylic acids is 8. The van der Waals surface area contributed by atoms with Crippen molar-refractivity contribution in [2.45, 2.75) is 132 Å². The average molecular weight is 1420 g/mol. The molecule has 18 nitrogen and oxygen atoms in total. The molecule has 20 heteroatoms. The number of carbonyl (C=O) groups is 8. The SMILES string of the molecule is C=C(Cl)C(=O)OCCNC(=O)C(CC(C)C)N1C(=O)c2cc(Oc3ccc(C(C)C)cc3)c3c4c(Oc5ccc(C(C)C)cc5)cc5c6c(cc(Oc7ccc(C(C)C)cc7)c(c7c(Oc8ccc(C(C)C)cc8)cc(c2c37)C1=O)c64)C(=O)N(C(CC(C)C)C(=O)NCCOC(=O)C(=C)Cl)C5=O. The van der Waals surface area contributed by atoms with Crippen LogP contribution in [0.1, 0.15) is 183 Å². The van der Waals surface area contributed by atoms with Gasteiger partial charge in [0.05, 0.1) is 35.3 Å². The van der Waals surface area contributed by atoms with Crippen molar-refractivity contribution < 1.29 is 66.8 Å². The Hall–Kier alpha value is -10.3. The quantitative estimate of drug-likeness (QED) is 0.0116. The van der Waals surface area contributed by atoms with Crippen LogP contribution in [0.2, 0.25) is 0 Å². The van der Waals surface area contributed by atoms with Gasteiger partial charge >= 0.3 is 11.9 Å². The van der Waals surface area contributed by atoms with E-state index in [0.717, 1.165) is 32.1 Å². The van der Waals surface area contributed by atoms with Crippen molar-refractivity contribution in [3.8, 4) is 46.0 Å². The summed E-state index contributed by atoms with van der Waals surface area (Å²) in [5.41, 5.74) is 3.88. The van der Waals surface area contributed by atoms with Crippen LogP contribution in [-0.2, 0) is 28.7 Å². The molecule has 0 aromatic heterocycles. The van der Waals surface area contributed by atoms with Crippen LogP contribution in [0.25, 0.3) is 43.1 Å². The van der Waals surface area contributed by atoms with E-state index >= 15 is 19.2 Å². The normalized spacial score (nSPS) is 13.6. The molecule has 0 bridgehead atoms. The molecular formula is C82H82Cl2N4O14. The van der Waals surface area contributed by atoms with Gasteiger partial charge in [0.2, 0.25) is 11.8 Å². The predicted octanol–water partition coefficient (Wildman–Crippen LogP) is 18.2. The largest absolute Gasteiger partial charge is 0.460 e. The Morgan fingerprint density at radius 2 is 0.608 bits per heavy atom. The number of halogens is 2. The minimum atomic E-state index is -1.43. The second-order valence-electron chi connectivity index (χ2n) is 27.9. The third kappa shape index (κ3) is 14.6. The number of imide groups is 2. The summed E-state index contributed by atoms with van der Waals surface area (Å²) in [5, 5.41) is 6.65. The smallest absolute Gasteiger partial charge is 0.349 e. The maximum Gasteiger partial charge on any atom is 0.349 e. The van der Waals surface area contributed by atoms with Gasteiger partial charge in [-0.3, -0.25) is 38.6 Å². The van der Waals surface area contributed by atoms with E-state index in [1.165, 1.54) is 0 Å². The van der Waals surface area contributed by atoms with E-state index in [1.54, 1.807) is 72.8 Å². The summed E-state index contributed by atoms with van der Waals surface area (Å²) in [5.74, 6) is -5.01. The summed E-state index contributed by atoms with van der Waals surface area (Å²) in [4.78, 5) is 121. The highest BCUT2D eigenvalue weighted by Gasteiger charge is 2.47. The highest BCUT2D eigenvalue weighted by atomic mass is 35.5. The summed E-state index contributed by atoms with van der Waals surface area (Å²) < 4.78 is 39.3. The molecule has 0 radical (unpaired) electrons. The molecule has 2 unspecified atom stereocenters. The van der Waals surface area contributed by atoms with Crippen LogP contribution >= 0.6 is 23.2 Å². The van der Waals surface area contributed by atoms with Crippen molar-refractivity contribution in [3.05, 3.63) is 189 Å². The summed E-state index contributed by atoms with van der Waals surface area (Å²) in [6.07, 6.45) is 0.0115. The Morgan fingerprint density at radius 3 is 0.814 bits per heavy atom. The number of benzene rings is 9. The first-order chi connectivity index (χ1) is 48.5. The molecule has 2 N–H and O–H groups in total. The van der Waals surface area contributed by atoms with Crippen LogP contribution in [0.4, 0.5) is 0 Å². The summed E-state index contributed by atoms with van der Waals surface area (Å²) >= 11 is 11.6. The number of ether oxygens (including phenoxy) is 6. The fraction of sp³-hybridized carbons (Fsp3) is 0.317. The second-order valence-corrected chi connectivity index (χ2v) is 28.8. The van der Waals surface area contributed by atoms with Gasteiger partial charge < -0.3 is 39.1 Å². The standard InChI is InChI=1S/C82H82Cl2N4O14/c1-41(2)35-61(75(89)85-31-33-97-81(95)47(13)83)87-77(91)57-37-63(99-53-23-15-49(16-24-53)43(5)6)69-71-65(101-55-27-19-51(20-28-55)45(9)10)39-59-68-60(80(94)88(79(59)93)62(36-42(3)4)76(90)86-32-34-98-82(96)48(14)84)40-66(102-56-29-21-52(22-30-56)46(11)12)72(74(68)71)70-64(38-58(78(87)92)67(57)73(69)70)100-54-25-17-50(18-26-54)44(7)8/h15-30,37-46,61-62H,13-14,31-36H2,1-12H3,(H,85,89)(H,86,90). The summed E-state index contributed by atoms with van der Waals surface area (Å²) in [6.45, 7) is 29.7. The van der Waals surface area contributed by atoms with Crippen molar-refractivity contribution in [2.75, 3.05) is 26.3 Å². The number of amides is 6. The second kappa shape index (κ2) is 30.1. The number of esters is 2. The third-order valence-electron chi connectivity index (χ3n) is 18.4. The fourth-order valence-electron chi connectivity index (χ4n) is 13.2. The van der Waals surface area contributed by atoms with Gasteiger partial charge in [-0.2, -0.15) is 0 Å². The molecule has 9 aromatic rings. The van der Waals surface area contributed by atoms with Gasteiger partial charge in [0, 0.05) is 43.1 Å². The lowest BCUT2D eigenvalue weighted by Gasteiger charge is -2.36. The lowest BCUT2D eigenvalue weighted by atomic mass is 9.80. The molecule has 9 aromatic carbocycles. The molecule has 2 atom stereocenters. The van der Waals surface area contributed by atoms with Gasteiger partial charge in [-0.05, 0) is 143 Å². The maximum atomic E-state index is 16.2. The number of fused-ring (bicyclic) bond motifs is 2. The van der Waals surface area contributed by atoms with E-state index in [4.69, 9.17) is 51.6 Å². The fourth-order valence-corrected chi connectivity index (χ4v) is 13.3. The molecule has 0 fully saturated rings. The molecular weight excluding hydrogens is 1340 g/mol. The molecule has 2 aliphatic heterocycles. The predicted molar refractivity (Wildman–Crippen MR) is 395 cm³/mol. The van der Waals surface area contributed by atoms with Crippen LogP contribution in [0.15, 0.2) is 145 Å². The molecule has 528 valence electrons. The van der Waals surface area contributed by atoms with Crippen molar-refractivity contribution in [1.29, 1.82) is 0 Å². The maximum absolute atomic E-state index is 16.2. The van der Waals surface area contributed by atoms with Crippen molar-refractivity contribution in [2.24, 2.45) is 11.8 Å². The zero-order valence-corrected chi connectivity index (χ0v) is 60.7. The van der Waals surface area contributed by atoms with Crippen molar-refractivity contribution in [3.63, 3.8) is 0 Å². The van der Waals surface area contributed by atoms with Gasteiger partial charge in [-0.25, -0.2) is 9.59 Å². The first-order valence-corrected chi connectivity index (χ1v) is 35.1. The number of rotatable bonds is 28. The highest BCUT2D eigenvalue weighted by molar-refractivity contribution is 6.45. The Balaban J connectivity index is 1.29. The molecule has 0 aliphatic carbocycles. The third-order valence-corrected chi connectivity index (χ3v) is 18.7. The van der Waals surface area contributed by atoms with Crippen LogP contribution in [0.3, 0.4) is 0 Å². The molecule has 0 spiro atoms. The van der Waals surface area contributed by atoms with Gasteiger partial charge in [-0.15, -0.1) is 0 Å². The number of hydrogen-bond acceptors (Lipinski definition) is 14. The van der Waals surface area contributed by atoms with Gasteiger partial charge in [-0.1, -0.05) is 168 Å². The average Bonchev–Trinajstić information content (AvgIpc) is 0.673.